The molecule has 0 saturated carbocycles. The van der Waals surface area contributed by atoms with Gasteiger partial charge in [-0.25, -0.2) is 0 Å². The number of benzene rings is 1. The van der Waals surface area contributed by atoms with Crippen LogP contribution in [0.3, 0.4) is 0 Å². The molecule has 2 heterocycles. The van der Waals surface area contributed by atoms with Crippen molar-refractivity contribution in [3.63, 3.8) is 0 Å². The minimum absolute atomic E-state index is 0.372. The third kappa shape index (κ3) is 3.17. The average Bonchev–Trinajstić information content (AvgIpc) is 2.97. The molecule has 2 fully saturated rings. The topological polar surface area (TPSA) is 77.4 Å². The molecule has 2 aliphatic rings. The maximum absolute atomic E-state index is 9.94. The lowest BCUT2D eigenvalue weighted by atomic mass is 10.1. The first-order valence-corrected chi connectivity index (χ1v) is 7.46. The Hall–Kier alpha value is -1.02. The van der Waals surface area contributed by atoms with Gasteiger partial charge in [-0.15, -0.1) is 0 Å². The first-order valence-electron chi connectivity index (χ1n) is 7.46. The summed E-state index contributed by atoms with van der Waals surface area (Å²) in [4.78, 5) is 0. The van der Waals surface area contributed by atoms with Crippen molar-refractivity contribution in [3.8, 4) is 0 Å². The number of fused-ring (bicyclic) bond motifs is 1. The van der Waals surface area contributed by atoms with Crippen LogP contribution in [0, 0.1) is 0 Å². The molecule has 22 heavy (non-hydrogen) atoms. The van der Waals surface area contributed by atoms with Crippen molar-refractivity contribution in [3.05, 3.63) is 35.9 Å². The van der Waals surface area contributed by atoms with Gasteiger partial charge in [0.05, 0.1) is 13.2 Å². The zero-order valence-electron chi connectivity index (χ0n) is 12.7. The van der Waals surface area contributed by atoms with Crippen molar-refractivity contribution in [2.75, 3.05) is 6.61 Å². The van der Waals surface area contributed by atoms with Gasteiger partial charge in [0.1, 0.15) is 24.4 Å². The van der Waals surface area contributed by atoms with Gasteiger partial charge in [0.2, 0.25) is 0 Å². The van der Waals surface area contributed by atoms with Crippen LogP contribution in [0.25, 0.3) is 0 Å². The molecular formula is C16H22O6. The smallest absolute Gasteiger partial charge is 0.190 e. The molecule has 6 nitrogen and oxygen atoms in total. The molecule has 0 spiro atoms. The second-order valence-corrected chi connectivity index (χ2v) is 6.08. The zero-order valence-corrected chi connectivity index (χ0v) is 12.7. The molecule has 2 N–H and O–H groups in total. The van der Waals surface area contributed by atoms with Gasteiger partial charge in [-0.3, -0.25) is 0 Å². The zero-order chi connectivity index (χ0) is 15.7. The van der Waals surface area contributed by atoms with Crippen molar-refractivity contribution in [1.29, 1.82) is 0 Å². The van der Waals surface area contributed by atoms with Gasteiger partial charge in [-0.2, -0.15) is 0 Å². The Bertz CT molecular complexity index is 491. The molecule has 122 valence electrons. The normalized spacial score (nSPS) is 34.5. The Morgan fingerprint density at radius 3 is 2.64 bits per heavy atom. The number of rotatable bonds is 5. The largest absolute Gasteiger partial charge is 0.394 e. The highest BCUT2D eigenvalue weighted by Crippen LogP contribution is 2.39. The van der Waals surface area contributed by atoms with Crippen molar-refractivity contribution in [1.82, 2.24) is 0 Å². The van der Waals surface area contributed by atoms with E-state index in [4.69, 9.17) is 18.9 Å². The quantitative estimate of drug-likeness (QED) is 0.838. The average molecular weight is 310 g/mol. The summed E-state index contributed by atoms with van der Waals surface area (Å²) < 4.78 is 23.1. The molecule has 3 rings (SSSR count). The third-order valence-corrected chi connectivity index (χ3v) is 3.88. The van der Waals surface area contributed by atoms with E-state index in [1.165, 1.54) is 0 Å². The van der Waals surface area contributed by atoms with Crippen LogP contribution >= 0.6 is 0 Å². The van der Waals surface area contributed by atoms with Gasteiger partial charge in [0.25, 0.3) is 0 Å². The van der Waals surface area contributed by atoms with E-state index >= 15 is 0 Å². The Morgan fingerprint density at radius 2 is 1.95 bits per heavy atom. The molecule has 2 aliphatic heterocycles. The Kier molecular flexibility index (Phi) is 4.49. The maximum Gasteiger partial charge on any atom is 0.190 e. The minimum Gasteiger partial charge on any atom is -0.394 e. The first-order chi connectivity index (χ1) is 10.5. The summed E-state index contributed by atoms with van der Waals surface area (Å²) in [6.07, 6.45) is -3.25. The number of hydrogen-bond donors (Lipinski definition) is 2. The molecule has 0 aliphatic carbocycles. The number of aliphatic hydroxyl groups is 2. The van der Waals surface area contributed by atoms with E-state index in [0.717, 1.165) is 5.56 Å². The monoisotopic (exact) mass is 310 g/mol. The first kappa shape index (κ1) is 15.9. The standard InChI is InChI=1S/C16H22O6/c1-16(2)21-14-13(19-9-10-6-4-3-5-7-10)12(11(18)8-17)20-15(14)22-16/h3-7,11-15,17-18H,8-9H2,1-2H3/t11-,12-,13?,14-,15-/m1/s1. The van der Waals surface area contributed by atoms with Crippen LogP contribution in [0.1, 0.15) is 19.4 Å². The van der Waals surface area contributed by atoms with Crippen LogP contribution in [-0.2, 0) is 25.6 Å². The van der Waals surface area contributed by atoms with Crippen molar-refractivity contribution in [2.24, 2.45) is 0 Å². The Labute approximate surface area is 129 Å². The van der Waals surface area contributed by atoms with Crippen LogP contribution in [0.2, 0.25) is 0 Å². The van der Waals surface area contributed by atoms with Crippen molar-refractivity contribution in [2.45, 2.75) is 56.9 Å². The van der Waals surface area contributed by atoms with E-state index in [1.807, 2.05) is 30.3 Å². The van der Waals surface area contributed by atoms with Crippen LogP contribution < -0.4 is 0 Å². The number of aliphatic hydroxyl groups excluding tert-OH is 2. The van der Waals surface area contributed by atoms with Crippen molar-refractivity contribution < 1.29 is 29.2 Å². The second kappa shape index (κ2) is 6.23. The highest BCUT2D eigenvalue weighted by molar-refractivity contribution is 5.13. The summed E-state index contributed by atoms with van der Waals surface area (Å²) in [6, 6.07) is 9.73. The predicted octanol–water partition coefficient (Wildman–Crippen LogP) is 0.801. The highest BCUT2D eigenvalue weighted by atomic mass is 16.8. The number of ether oxygens (including phenoxy) is 4. The minimum atomic E-state index is -1.04. The summed E-state index contributed by atoms with van der Waals surface area (Å²) in [6.45, 7) is 3.58. The molecule has 2 saturated heterocycles. The second-order valence-electron chi connectivity index (χ2n) is 6.08. The lowest BCUT2D eigenvalue weighted by molar-refractivity contribution is -0.232. The van der Waals surface area contributed by atoms with Gasteiger partial charge in [0, 0.05) is 0 Å². The van der Waals surface area contributed by atoms with Gasteiger partial charge in [-0.1, -0.05) is 30.3 Å². The molecule has 0 amide bonds. The van der Waals surface area contributed by atoms with Gasteiger partial charge >= 0.3 is 0 Å². The lowest BCUT2D eigenvalue weighted by Gasteiger charge is -2.28. The molecule has 6 heteroatoms. The molecule has 0 radical (unpaired) electrons. The van der Waals surface area contributed by atoms with Crippen LogP contribution in [-0.4, -0.2) is 53.3 Å². The third-order valence-electron chi connectivity index (χ3n) is 3.88. The molecule has 0 aromatic heterocycles. The number of hydrogen-bond acceptors (Lipinski definition) is 6. The SMILES string of the molecule is CC1(C)O[C@H]2O[C@H]([C@H](O)CO)C(OCc3ccccc3)[C@H]2O1. The predicted molar refractivity (Wildman–Crippen MR) is 76.8 cm³/mol. The summed E-state index contributed by atoms with van der Waals surface area (Å²) in [5, 5.41) is 19.1. The van der Waals surface area contributed by atoms with Crippen LogP contribution in [0.15, 0.2) is 30.3 Å². The fraction of sp³-hybridized carbons (Fsp3) is 0.625. The van der Waals surface area contributed by atoms with Gasteiger partial charge < -0.3 is 29.2 Å². The lowest BCUT2D eigenvalue weighted by Crippen LogP contribution is -2.44. The van der Waals surface area contributed by atoms with Gasteiger partial charge in [-0.05, 0) is 19.4 Å². The summed E-state index contributed by atoms with van der Waals surface area (Å²) in [7, 11) is 0. The highest BCUT2D eigenvalue weighted by Gasteiger charge is 2.56. The molecular weight excluding hydrogens is 288 g/mol. The molecule has 0 bridgehead atoms. The van der Waals surface area contributed by atoms with E-state index < -0.39 is 43.1 Å². The van der Waals surface area contributed by atoms with Crippen LogP contribution in [0.4, 0.5) is 0 Å². The van der Waals surface area contributed by atoms with Crippen LogP contribution in [0.5, 0.6) is 0 Å². The van der Waals surface area contributed by atoms with E-state index in [-0.39, 0.29) is 0 Å². The van der Waals surface area contributed by atoms with E-state index in [9.17, 15) is 10.2 Å². The Morgan fingerprint density at radius 1 is 1.23 bits per heavy atom. The summed E-state index contributed by atoms with van der Waals surface area (Å²) in [5.74, 6) is -0.751. The summed E-state index contributed by atoms with van der Waals surface area (Å²) >= 11 is 0. The molecule has 1 aromatic rings. The molecule has 1 unspecified atom stereocenters. The molecule has 5 atom stereocenters. The summed E-state index contributed by atoms with van der Waals surface area (Å²) in [5.41, 5.74) is 1.02. The van der Waals surface area contributed by atoms with E-state index in [1.54, 1.807) is 13.8 Å². The molecule has 1 aromatic carbocycles. The Balaban J connectivity index is 1.71. The van der Waals surface area contributed by atoms with E-state index in [0.29, 0.717) is 6.61 Å². The fourth-order valence-corrected chi connectivity index (χ4v) is 2.87. The maximum atomic E-state index is 9.94. The fourth-order valence-electron chi connectivity index (χ4n) is 2.87. The van der Waals surface area contributed by atoms with Crippen molar-refractivity contribution >= 4 is 0 Å². The van der Waals surface area contributed by atoms with E-state index in [2.05, 4.69) is 0 Å². The van der Waals surface area contributed by atoms with Gasteiger partial charge in [0.15, 0.2) is 12.1 Å².